The molecule has 1 atom stereocenters. The molecule has 1 N–H and O–H groups in total. The highest BCUT2D eigenvalue weighted by Gasteiger charge is 2.06. The quantitative estimate of drug-likeness (QED) is 0.895. The summed E-state index contributed by atoms with van der Waals surface area (Å²) in [5.41, 5.74) is 0. The third-order valence-electron chi connectivity index (χ3n) is 1.95. The largest absolute Gasteiger partial charge is 0.358 e. The van der Waals surface area contributed by atoms with Crippen molar-refractivity contribution in [3.63, 3.8) is 0 Å². The van der Waals surface area contributed by atoms with Gasteiger partial charge in [0.2, 0.25) is 5.13 Å². The van der Waals surface area contributed by atoms with Gasteiger partial charge in [-0.1, -0.05) is 25.2 Å². The molecular formula is C9H16BrN3S. The molecule has 0 aliphatic carbocycles. The molecule has 0 aromatic carbocycles. The molecule has 0 bridgehead atoms. The molecule has 1 aromatic rings. The van der Waals surface area contributed by atoms with E-state index < -0.39 is 0 Å². The summed E-state index contributed by atoms with van der Waals surface area (Å²) in [7, 11) is 0. The van der Waals surface area contributed by atoms with Crippen LogP contribution in [-0.4, -0.2) is 16.2 Å². The molecule has 1 rings (SSSR count). The number of halogens is 1. The molecular weight excluding hydrogens is 262 g/mol. The van der Waals surface area contributed by atoms with Crippen LogP contribution in [0.5, 0.6) is 0 Å². The Hall–Kier alpha value is -0.160. The molecule has 1 aromatic heterocycles. The molecule has 0 amide bonds. The van der Waals surface area contributed by atoms with Crippen LogP contribution in [-0.2, 0) is 0 Å². The SMILES string of the molecule is CC(C)CCC(C)Nc1nnc(Br)s1. The minimum Gasteiger partial charge on any atom is -0.358 e. The van der Waals surface area contributed by atoms with Gasteiger partial charge >= 0.3 is 0 Å². The summed E-state index contributed by atoms with van der Waals surface area (Å²) in [6.07, 6.45) is 2.42. The van der Waals surface area contributed by atoms with Crippen molar-refractivity contribution in [2.45, 2.75) is 39.7 Å². The second-order valence-corrected chi connectivity index (χ2v) is 6.13. The van der Waals surface area contributed by atoms with Crippen molar-refractivity contribution in [3.8, 4) is 0 Å². The first-order valence-electron chi connectivity index (χ1n) is 4.83. The standard InChI is InChI=1S/C9H16BrN3S/c1-6(2)4-5-7(3)11-9-13-12-8(10)14-9/h6-7H,4-5H2,1-3H3,(H,11,13). The van der Waals surface area contributed by atoms with E-state index in [0.29, 0.717) is 6.04 Å². The summed E-state index contributed by atoms with van der Waals surface area (Å²) in [5, 5.41) is 12.1. The molecule has 0 fully saturated rings. The lowest BCUT2D eigenvalue weighted by Crippen LogP contribution is -2.15. The zero-order valence-corrected chi connectivity index (χ0v) is 11.2. The van der Waals surface area contributed by atoms with Gasteiger partial charge < -0.3 is 5.32 Å². The van der Waals surface area contributed by atoms with Crippen molar-refractivity contribution in [1.29, 1.82) is 0 Å². The molecule has 3 nitrogen and oxygen atoms in total. The summed E-state index contributed by atoms with van der Waals surface area (Å²) < 4.78 is 0.830. The Morgan fingerprint density at radius 2 is 2.00 bits per heavy atom. The molecule has 0 radical (unpaired) electrons. The summed E-state index contributed by atoms with van der Waals surface area (Å²) in [6.45, 7) is 6.67. The zero-order chi connectivity index (χ0) is 10.6. The molecule has 80 valence electrons. The van der Waals surface area contributed by atoms with Crippen LogP contribution in [0, 0.1) is 5.92 Å². The van der Waals surface area contributed by atoms with Crippen molar-refractivity contribution in [2.24, 2.45) is 5.92 Å². The molecule has 0 aliphatic rings. The number of rotatable bonds is 5. The summed E-state index contributed by atoms with van der Waals surface area (Å²) in [6, 6.07) is 0.470. The Morgan fingerprint density at radius 3 is 2.50 bits per heavy atom. The highest BCUT2D eigenvalue weighted by Crippen LogP contribution is 2.21. The maximum atomic E-state index is 3.99. The number of hydrogen-bond acceptors (Lipinski definition) is 4. The fourth-order valence-electron chi connectivity index (χ4n) is 1.13. The normalized spacial score (nSPS) is 13.2. The van der Waals surface area contributed by atoms with E-state index in [1.54, 1.807) is 0 Å². The van der Waals surface area contributed by atoms with Gasteiger partial charge in [-0.3, -0.25) is 0 Å². The van der Waals surface area contributed by atoms with Crippen LogP contribution in [0.25, 0.3) is 0 Å². The predicted octanol–water partition coefficient (Wildman–Crippen LogP) is 3.54. The van der Waals surface area contributed by atoms with Crippen molar-refractivity contribution in [2.75, 3.05) is 5.32 Å². The Kier molecular flexibility index (Phi) is 4.81. The lowest BCUT2D eigenvalue weighted by molar-refractivity contribution is 0.527. The van der Waals surface area contributed by atoms with Crippen LogP contribution in [0.2, 0.25) is 0 Å². The number of nitrogens with one attached hydrogen (secondary N) is 1. The van der Waals surface area contributed by atoms with Crippen LogP contribution < -0.4 is 5.32 Å². The first kappa shape index (κ1) is 11.9. The number of hydrogen-bond donors (Lipinski definition) is 1. The van der Waals surface area contributed by atoms with Crippen LogP contribution in [0.4, 0.5) is 5.13 Å². The molecule has 1 heterocycles. The van der Waals surface area contributed by atoms with Crippen molar-refractivity contribution >= 4 is 32.4 Å². The molecule has 5 heteroatoms. The van der Waals surface area contributed by atoms with Gasteiger partial charge in [-0.05, 0) is 41.6 Å². The monoisotopic (exact) mass is 277 g/mol. The maximum absolute atomic E-state index is 3.99. The average molecular weight is 278 g/mol. The van der Waals surface area contributed by atoms with E-state index in [9.17, 15) is 0 Å². The highest BCUT2D eigenvalue weighted by atomic mass is 79.9. The molecule has 0 saturated carbocycles. The van der Waals surface area contributed by atoms with Gasteiger partial charge in [0.05, 0.1) is 0 Å². The fourth-order valence-corrected chi connectivity index (χ4v) is 2.25. The lowest BCUT2D eigenvalue weighted by Gasteiger charge is -2.13. The topological polar surface area (TPSA) is 37.8 Å². The molecule has 0 aliphatic heterocycles. The first-order valence-corrected chi connectivity index (χ1v) is 6.44. The Morgan fingerprint density at radius 1 is 1.29 bits per heavy atom. The van der Waals surface area contributed by atoms with E-state index >= 15 is 0 Å². The minimum absolute atomic E-state index is 0.470. The predicted molar refractivity (Wildman–Crippen MR) is 64.8 cm³/mol. The van der Waals surface area contributed by atoms with Crippen molar-refractivity contribution < 1.29 is 0 Å². The highest BCUT2D eigenvalue weighted by molar-refractivity contribution is 9.11. The van der Waals surface area contributed by atoms with E-state index in [0.717, 1.165) is 15.0 Å². The molecule has 14 heavy (non-hydrogen) atoms. The van der Waals surface area contributed by atoms with Crippen LogP contribution >= 0.6 is 27.3 Å². The first-order chi connectivity index (χ1) is 6.58. The number of anilines is 1. The van der Waals surface area contributed by atoms with Crippen LogP contribution in [0.3, 0.4) is 0 Å². The van der Waals surface area contributed by atoms with E-state index in [4.69, 9.17) is 0 Å². The number of aromatic nitrogens is 2. The van der Waals surface area contributed by atoms with Gasteiger partial charge in [0.1, 0.15) is 0 Å². The third-order valence-corrected chi connectivity index (χ3v) is 3.23. The van der Waals surface area contributed by atoms with Gasteiger partial charge in [0.15, 0.2) is 3.92 Å². The minimum atomic E-state index is 0.470. The Balaban J connectivity index is 2.30. The molecule has 0 spiro atoms. The average Bonchev–Trinajstić information content (AvgIpc) is 2.48. The van der Waals surface area contributed by atoms with Gasteiger partial charge in [-0.2, -0.15) is 0 Å². The van der Waals surface area contributed by atoms with E-state index in [-0.39, 0.29) is 0 Å². The summed E-state index contributed by atoms with van der Waals surface area (Å²) >= 11 is 4.82. The van der Waals surface area contributed by atoms with Crippen LogP contribution in [0.1, 0.15) is 33.6 Å². The van der Waals surface area contributed by atoms with Gasteiger partial charge in [-0.25, -0.2) is 0 Å². The van der Waals surface area contributed by atoms with Gasteiger partial charge in [0.25, 0.3) is 0 Å². The van der Waals surface area contributed by atoms with E-state index in [1.807, 2.05) is 0 Å². The van der Waals surface area contributed by atoms with Gasteiger partial charge in [-0.15, -0.1) is 10.2 Å². The Labute approximate surface area is 97.5 Å². The smallest absolute Gasteiger partial charge is 0.206 e. The Bertz CT molecular complexity index is 275. The second-order valence-electron chi connectivity index (χ2n) is 3.88. The zero-order valence-electron chi connectivity index (χ0n) is 8.75. The molecule has 1 unspecified atom stereocenters. The third kappa shape index (κ3) is 4.37. The van der Waals surface area contributed by atoms with Gasteiger partial charge in [0, 0.05) is 6.04 Å². The van der Waals surface area contributed by atoms with E-state index in [1.165, 1.54) is 24.2 Å². The van der Waals surface area contributed by atoms with Crippen molar-refractivity contribution in [1.82, 2.24) is 10.2 Å². The van der Waals surface area contributed by atoms with Crippen LogP contribution in [0.15, 0.2) is 3.92 Å². The summed E-state index contributed by atoms with van der Waals surface area (Å²) in [5.74, 6) is 0.764. The fraction of sp³-hybridized carbons (Fsp3) is 0.778. The summed E-state index contributed by atoms with van der Waals surface area (Å²) in [4.78, 5) is 0. The van der Waals surface area contributed by atoms with Crippen molar-refractivity contribution in [3.05, 3.63) is 3.92 Å². The molecule has 0 saturated heterocycles. The number of nitrogens with zero attached hydrogens (tertiary/aromatic N) is 2. The maximum Gasteiger partial charge on any atom is 0.206 e. The second kappa shape index (κ2) is 5.66. The lowest BCUT2D eigenvalue weighted by atomic mass is 10.0. The van der Waals surface area contributed by atoms with E-state index in [2.05, 4.69) is 52.2 Å².